The summed E-state index contributed by atoms with van der Waals surface area (Å²) in [6, 6.07) is 22.8. The lowest BCUT2D eigenvalue weighted by molar-refractivity contribution is -0.129. The topological polar surface area (TPSA) is 129 Å². The molecule has 1 saturated carbocycles. The highest BCUT2D eigenvalue weighted by molar-refractivity contribution is 9.10. The number of halogens is 1. The summed E-state index contributed by atoms with van der Waals surface area (Å²) in [5, 5.41) is 16.0. The van der Waals surface area contributed by atoms with Crippen molar-refractivity contribution < 1.29 is 19.4 Å². The summed E-state index contributed by atoms with van der Waals surface area (Å²) in [5.74, 6) is 0.831. The standard InChI is InChI=1S/C30H30BrN5O4/c31-26-9-4-3-8-25(26)27-30(29(38)34-23-12-13-23,18-21-6-1-2-7-22(21)19-33-36-32)35-28(40-27)20-10-14-24(15-11-20)39-17-5-16-37/h1-4,6-11,14-15,23,27,37H,5,12-13,16-19H2,(H,34,38)/t27-,30-/m1/s1. The first kappa shape index (κ1) is 27.7. The largest absolute Gasteiger partial charge is 0.494 e. The van der Waals surface area contributed by atoms with Crippen molar-refractivity contribution in [2.45, 2.75) is 49.9 Å². The molecule has 10 heteroatoms. The lowest BCUT2D eigenvalue weighted by Crippen LogP contribution is -2.50. The van der Waals surface area contributed by atoms with Crippen molar-refractivity contribution in [2.75, 3.05) is 13.2 Å². The number of aliphatic hydroxyl groups is 1. The second-order valence-electron chi connectivity index (χ2n) is 9.89. The molecule has 5 rings (SSSR count). The van der Waals surface area contributed by atoms with Gasteiger partial charge >= 0.3 is 0 Å². The number of carbonyl (C=O) groups is 1. The molecular formula is C30H30BrN5O4. The Morgan fingerprint density at radius 2 is 1.85 bits per heavy atom. The van der Waals surface area contributed by atoms with Crippen LogP contribution in [0.3, 0.4) is 0 Å². The van der Waals surface area contributed by atoms with Crippen LogP contribution in [-0.4, -0.2) is 41.7 Å². The molecule has 1 amide bonds. The van der Waals surface area contributed by atoms with Crippen LogP contribution in [0.25, 0.3) is 10.4 Å². The van der Waals surface area contributed by atoms with Gasteiger partial charge in [-0.3, -0.25) is 4.79 Å². The molecule has 1 fully saturated rings. The van der Waals surface area contributed by atoms with Gasteiger partial charge in [-0.25, -0.2) is 4.99 Å². The Bertz CT molecular complexity index is 1440. The molecule has 3 aromatic rings. The van der Waals surface area contributed by atoms with Gasteiger partial charge in [0.1, 0.15) is 5.75 Å². The first-order valence-corrected chi connectivity index (χ1v) is 14.1. The molecule has 0 aromatic heterocycles. The van der Waals surface area contributed by atoms with E-state index in [2.05, 4.69) is 31.3 Å². The molecule has 0 spiro atoms. The maximum Gasteiger partial charge on any atom is 0.252 e. The Labute approximate surface area is 241 Å². The lowest BCUT2D eigenvalue weighted by atomic mass is 9.81. The highest BCUT2D eigenvalue weighted by atomic mass is 79.9. The second kappa shape index (κ2) is 12.6. The highest BCUT2D eigenvalue weighted by Crippen LogP contribution is 2.45. The average molecular weight is 605 g/mol. The van der Waals surface area contributed by atoms with E-state index in [0.717, 1.165) is 39.6 Å². The molecule has 2 N–H and O–H groups in total. The van der Waals surface area contributed by atoms with Crippen LogP contribution in [-0.2, 0) is 22.5 Å². The van der Waals surface area contributed by atoms with Crippen LogP contribution in [0, 0.1) is 0 Å². The first-order valence-electron chi connectivity index (χ1n) is 13.3. The van der Waals surface area contributed by atoms with Crippen LogP contribution in [0.1, 0.15) is 47.6 Å². The maximum atomic E-state index is 14.2. The van der Waals surface area contributed by atoms with E-state index >= 15 is 0 Å². The molecule has 206 valence electrons. The number of aliphatic hydroxyl groups excluding tert-OH is 1. The minimum Gasteiger partial charge on any atom is -0.494 e. The van der Waals surface area contributed by atoms with Crippen molar-refractivity contribution in [3.63, 3.8) is 0 Å². The van der Waals surface area contributed by atoms with Crippen LogP contribution < -0.4 is 10.1 Å². The molecule has 0 saturated heterocycles. The monoisotopic (exact) mass is 603 g/mol. The molecule has 0 bridgehead atoms. The Balaban J connectivity index is 1.59. The van der Waals surface area contributed by atoms with Crippen LogP contribution in [0.2, 0.25) is 0 Å². The number of azide groups is 1. The van der Waals surface area contributed by atoms with E-state index < -0.39 is 11.6 Å². The molecule has 9 nitrogen and oxygen atoms in total. The number of carbonyl (C=O) groups excluding carboxylic acids is 1. The van der Waals surface area contributed by atoms with Gasteiger partial charge in [-0.1, -0.05) is 63.5 Å². The fraction of sp³-hybridized carbons (Fsp3) is 0.333. The van der Waals surface area contributed by atoms with E-state index in [4.69, 9.17) is 25.1 Å². The Kier molecular flexibility index (Phi) is 8.69. The Morgan fingerprint density at radius 1 is 1.12 bits per heavy atom. The van der Waals surface area contributed by atoms with E-state index in [1.165, 1.54) is 0 Å². The minimum atomic E-state index is -1.31. The molecule has 2 aliphatic rings. The van der Waals surface area contributed by atoms with E-state index in [0.29, 0.717) is 24.7 Å². The summed E-state index contributed by atoms with van der Waals surface area (Å²) < 4.78 is 13.1. The average Bonchev–Trinajstić information content (AvgIpc) is 3.71. The smallest absolute Gasteiger partial charge is 0.252 e. The lowest BCUT2D eigenvalue weighted by Gasteiger charge is -2.32. The van der Waals surface area contributed by atoms with Crippen molar-refractivity contribution in [3.8, 4) is 5.75 Å². The second-order valence-corrected chi connectivity index (χ2v) is 10.7. The van der Waals surface area contributed by atoms with Gasteiger partial charge in [-0.05, 0) is 59.8 Å². The number of rotatable bonds is 12. The summed E-state index contributed by atoms with van der Waals surface area (Å²) in [7, 11) is 0. The molecule has 40 heavy (non-hydrogen) atoms. The van der Waals surface area contributed by atoms with Gasteiger partial charge in [0.25, 0.3) is 5.91 Å². The molecule has 0 unspecified atom stereocenters. The van der Waals surface area contributed by atoms with Crippen LogP contribution in [0.15, 0.2) is 87.4 Å². The summed E-state index contributed by atoms with van der Waals surface area (Å²) in [6.07, 6.45) is 1.95. The minimum absolute atomic E-state index is 0.0656. The van der Waals surface area contributed by atoms with Crippen LogP contribution >= 0.6 is 15.9 Å². The third-order valence-corrected chi connectivity index (χ3v) is 7.73. The third-order valence-electron chi connectivity index (χ3n) is 7.01. The van der Waals surface area contributed by atoms with Crippen molar-refractivity contribution in [1.82, 2.24) is 5.32 Å². The predicted octanol–water partition coefficient (Wildman–Crippen LogP) is 5.80. The Morgan fingerprint density at radius 3 is 2.55 bits per heavy atom. The molecule has 0 radical (unpaired) electrons. The fourth-order valence-electron chi connectivity index (χ4n) is 4.77. The number of nitrogens with zero attached hydrogens (tertiary/aromatic N) is 4. The maximum absolute atomic E-state index is 14.2. The zero-order valence-electron chi connectivity index (χ0n) is 21.9. The van der Waals surface area contributed by atoms with Gasteiger partial charge in [0.15, 0.2) is 11.6 Å². The van der Waals surface area contributed by atoms with Gasteiger partial charge in [0, 0.05) is 46.0 Å². The predicted molar refractivity (Wildman–Crippen MR) is 155 cm³/mol. The van der Waals surface area contributed by atoms with E-state index in [1.807, 2.05) is 72.8 Å². The van der Waals surface area contributed by atoms with Gasteiger partial charge < -0.3 is 19.9 Å². The number of hydrogen-bond acceptors (Lipinski definition) is 6. The fourth-order valence-corrected chi connectivity index (χ4v) is 5.26. The van der Waals surface area contributed by atoms with Crippen molar-refractivity contribution in [1.29, 1.82) is 0 Å². The first-order chi connectivity index (χ1) is 19.5. The zero-order valence-corrected chi connectivity index (χ0v) is 23.5. The van der Waals surface area contributed by atoms with Gasteiger partial charge in [0.05, 0.1) is 13.2 Å². The number of amides is 1. The zero-order chi connectivity index (χ0) is 28.0. The van der Waals surface area contributed by atoms with E-state index in [9.17, 15) is 4.79 Å². The van der Waals surface area contributed by atoms with Crippen molar-refractivity contribution >= 4 is 27.7 Å². The molecule has 1 aliphatic heterocycles. The summed E-state index contributed by atoms with van der Waals surface area (Å²) in [4.78, 5) is 22.2. The molecule has 1 aliphatic carbocycles. The summed E-state index contributed by atoms with van der Waals surface area (Å²) in [6.45, 7) is 0.648. The SMILES string of the molecule is [N-]=[N+]=NCc1ccccc1C[C@@]1(C(=O)NC2CC2)N=C(c2ccc(OCCCO)cc2)O[C@@H]1c1ccccc1Br. The molecule has 2 atom stereocenters. The number of ether oxygens (including phenoxy) is 2. The van der Waals surface area contributed by atoms with E-state index in [1.54, 1.807) is 0 Å². The summed E-state index contributed by atoms with van der Waals surface area (Å²) in [5.41, 5.74) is 10.8. The molecule has 1 heterocycles. The summed E-state index contributed by atoms with van der Waals surface area (Å²) >= 11 is 3.67. The molecular weight excluding hydrogens is 574 g/mol. The number of benzene rings is 3. The quantitative estimate of drug-likeness (QED) is 0.117. The normalized spacial score (nSPS) is 19.8. The van der Waals surface area contributed by atoms with Gasteiger partial charge in [-0.15, -0.1) is 0 Å². The van der Waals surface area contributed by atoms with E-state index in [-0.39, 0.29) is 31.5 Å². The van der Waals surface area contributed by atoms with Crippen molar-refractivity contribution in [2.24, 2.45) is 10.1 Å². The van der Waals surface area contributed by atoms with Gasteiger partial charge in [0.2, 0.25) is 5.90 Å². The number of nitrogens with one attached hydrogen (secondary N) is 1. The number of aliphatic imine (C=N–C) groups is 1. The third kappa shape index (κ3) is 6.14. The van der Waals surface area contributed by atoms with Gasteiger partial charge in [-0.2, -0.15) is 0 Å². The highest BCUT2D eigenvalue weighted by Gasteiger charge is 2.54. The number of hydrogen-bond donors (Lipinski definition) is 2. The molecule has 3 aromatic carbocycles. The van der Waals surface area contributed by atoms with Crippen LogP contribution in [0.5, 0.6) is 5.75 Å². The van der Waals surface area contributed by atoms with Crippen molar-refractivity contribution in [3.05, 3.63) is 110 Å². The van der Waals surface area contributed by atoms with Crippen LogP contribution in [0.4, 0.5) is 0 Å². The Hall–Kier alpha value is -3.85.